The molecule has 1 N–H and O–H groups in total. The molecule has 120 valence electrons. The third-order valence-corrected chi connectivity index (χ3v) is 4.40. The van der Waals surface area contributed by atoms with Gasteiger partial charge in [-0.25, -0.2) is 0 Å². The fourth-order valence-corrected chi connectivity index (χ4v) is 3.16. The Bertz CT molecular complexity index is 321. The van der Waals surface area contributed by atoms with Gasteiger partial charge in [0.25, 0.3) is 0 Å². The van der Waals surface area contributed by atoms with Crippen LogP contribution in [0.25, 0.3) is 0 Å². The topological polar surface area (TPSA) is 38.3 Å². The highest BCUT2D eigenvalue weighted by atomic mass is 16.5. The van der Waals surface area contributed by atoms with Crippen molar-refractivity contribution in [3.05, 3.63) is 0 Å². The number of rotatable bonds is 4. The van der Waals surface area contributed by atoms with Crippen molar-refractivity contribution in [3.63, 3.8) is 0 Å². The average molecular weight is 293 g/mol. The zero-order chi connectivity index (χ0) is 15.4. The first-order valence-corrected chi connectivity index (χ1v) is 8.61. The lowest BCUT2D eigenvalue weighted by atomic mass is 9.85. The molecule has 0 amide bonds. The lowest BCUT2D eigenvalue weighted by molar-refractivity contribution is -0.152. The highest BCUT2D eigenvalue weighted by Gasteiger charge is 2.38. The van der Waals surface area contributed by atoms with Crippen LogP contribution in [0.2, 0.25) is 0 Å². The van der Waals surface area contributed by atoms with Crippen molar-refractivity contribution in [1.29, 1.82) is 0 Å². The summed E-state index contributed by atoms with van der Waals surface area (Å²) in [4.78, 5) is 12.5. The van der Waals surface area contributed by atoms with Crippen LogP contribution in [0.15, 0.2) is 0 Å². The maximum absolute atomic E-state index is 12.5. The van der Waals surface area contributed by atoms with E-state index < -0.39 is 5.54 Å². The first kappa shape index (κ1) is 18.0. The summed E-state index contributed by atoms with van der Waals surface area (Å²) < 4.78 is 5.34. The minimum atomic E-state index is -0.568. The van der Waals surface area contributed by atoms with Crippen LogP contribution in [0.4, 0.5) is 0 Å². The number of hydrogen-bond acceptors (Lipinski definition) is 3. The van der Waals surface area contributed by atoms with Crippen LogP contribution in [0, 0.1) is 12.3 Å². The Balaban J connectivity index is 2.74. The van der Waals surface area contributed by atoms with Crippen molar-refractivity contribution >= 4 is 5.97 Å². The first-order chi connectivity index (χ1) is 10.2. The molecule has 0 radical (unpaired) electrons. The Morgan fingerprint density at radius 2 is 1.52 bits per heavy atom. The molecule has 3 nitrogen and oxygen atoms in total. The molecule has 0 aromatic heterocycles. The molecular weight excluding hydrogens is 262 g/mol. The second-order valence-corrected chi connectivity index (χ2v) is 6.04. The SMILES string of the molecule is C#CCNC1(C(=O)OCC)CCCCCCCCCCC1. The molecule has 1 fully saturated rings. The van der Waals surface area contributed by atoms with Crippen LogP contribution in [-0.2, 0) is 9.53 Å². The monoisotopic (exact) mass is 293 g/mol. The van der Waals surface area contributed by atoms with Crippen molar-refractivity contribution in [2.45, 2.75) is 83.1 Å². The molecule has 1 aliphatic carbocycles. The quantitative estimate of drug-likeness (QED) is 0.632. The van der Waals surface area contributed by atoms with Crippen LogP contribution in [0.3, 0.4) is 0 Å². The van der Waals surface area contributed by atoms with Gasteiger partial charge in [-0.2, -0.15) is 0 Å². The third-order valence-electron chi connectivity index (χ3n) is 4.40. The van der Waals surface area contributed by atoms with Gasteiger partial charge >= 0.3 is 5.97 Å². The summed E-state index contributed by atoms with van der Waals surface area (Å²) in [5.41, 5.74) is -0.568. The molecule has 21 heavy (non-hydrogen) atoms. The van der Waals surface area contributed by atoms with Gasteiger partial charge in [-0.15, -0.1) is 6.42 Å². The fourth-order valence-electron chi connectivity index (χ4n) is 3.16. The van der Waals surface area contributed by atoms with E-state index in [-0.39, 0.29) is 5.97 Å². The largest absolute Gasteiger partial charge is 0.465 e. The smallest absolute Gasteiger partial charge is 0.326 e. The van der Waals surface area contributed by atoms with E-state index in [9.17, 15) is 4.79 Å². The maximum atomic E-state index is 12.5. The number of hydrogen-bond donors (Lipinski definition) is 1. The minimum Gasteiger partial charge on any atom is -0.465 e. The molecule has 0 spiro atoms. The molecule has 0 heterocycles. The van der Waals surface area contributed by atoms with E-state index in [1.165, 1.54) is 44.9 Å². The van der Waals surface area contributed by atoms with Gasteiger partial charge in [0.2, 0.25) is 0 Å². The maximum Gasteiger partial charge on any atom is 0.326 e. The van der Waals surface area contributed by atoms with Crippen LogP contribution < -0.4 is 5.32 Å². The first-order valence-electron chi connectivity index (χ1n) is 8.61. The Morgan fingerprint density at radius 1 is 1.05 bits per heavy atom. The third kappa shape index (κ3) is 6.52. The van der Waals surface area contributed by atoms with Gasteiger partial charge in [-0.1, -0.05) is 63.7 Å². The summed E-state index contributed by atoms with van der Waals surface area (Å²) >= 11 is 0. The lowest BCUT2D eigenvalue weighted by Gasteiger charge is -2.32. The van der Waals surface area contributed by atoms with Crippen molar-refractivity contribution in [3.8, 4) is 12.3 Å². The molecule has 0 unspecified atom stereocenters. The molecule has 1 aliphatic rings. The number of carbonyl (C=O) groups is 1. The molecule has 0 aliphatic heterocycles. The average Bonchev–Trinajstić information content (AvgIpc) is 2.47. The van der Waals surface area contributed by atoms with Crippen LogP contribution in [-0.4, -0.2) is 24.7 Å². The normalized spacial score (nSPS) is 20.6. The van der Waals surface area contributed by atoms with Gasteiger partial charge in [0, 0.05) is 0 Å². The number of ether oxygens (including phenoxy) is 1. The van der Waals surface area contributed by atoms with Crippen molar-refractivity contribution in [2.24, 2.45) is 0 Å². The molecule has 0 aromatic rings. The fraction of sp³-hybridized carbons (Fsp3) is 0.833. The Labute approximate surface area is 130 Å². The van der Waals surface area contributed by atoms with Crippen LogP contribution in [0.1, 0.15) is 77.6 Å². The van der Waals surface area contributed by atoms with Crippen molar-refractivity contribution in [1.82, 2.24) is 5.32 Å². The van der Waals surface area contributed by atoms with E-state index in [2.05, 4.69) is 11.2 Å². The summed E-state index contributed by atoms with van der Waals surface area (Å²) in [7, 11) is 0. The predicted octanol–water partition coefficient (Wildman–Crippen LogP) is 3.82. The van der Waals surface area contributed by atoms with Gasteiger partial charge in [-0.05, 0) is 19.8 Å². The Morgan fingerprint density at radius 3 is 1.95 bits per heavy atom. The predicted molar refractivity (Wildman–Crippen MR) is 87.0 cm³/mol. The van der Waals surface area contributed by atoms with Gasteiger partial charge in [-0.3, -0.25) is 10.1 Å². The zero-order valence-electron chi connectivity index (χ0n) is 13.6. The number of carbonyl (C=O) groups excluding carboxylic acids is 1. The molecule has 0 aromatic carbocycles. The van der Waals surface area contributed by atoms with E-state index in [1.807, 2.05) is 6.92 Å². The summed E-state index contributed by atoms with van der Waals surface area (Å²) in [6.07, 6.45) is 18.1. The van der Waals surface area contributed by atoms with Crippen LogP contribution >= 0.6 is 0 Å². The summed E-state index contributed by atoms with van der Waals surface area (Å²) in [5.74, 6) is 2.49. The van der Waals surface area contributed by atoms with E-state index in [1.54, 1.807) is 0 Å². The lowest BCUT2D eigenvalue weighted by Crippen LogP contribution is -2.53. The van der Waals surface area contributed by atoms with E-state index in [4.69, 9.17) is 11.2 Å². The standard InChI is InChI=1S/C18H31NO2/c1-3-16-19-18(17(20)21-4-2)14-12-10-8-6-5-7-9-11-13-15-18/h1,19H,4-16H2,2H3. The van der Waals surface area contributed by atoms with Crippen LogP contribution in [0.5, 0.6) is 0 Å². The molecule has 0 atom stereocenters. The Kier molecular flexibility index (Phi) is 9.17. The summed E-state index contributed by atoms with van der Waals surface area (Å²) in [5, 5.41) is 3.31. The number of esters is 1. The molecule has 1 saturated carbocycles. The Hall–Kier alpha value is -1.01. The van der Waals surface area contributed by atoms with Crippen molar-refractivity contribution < 1.29 is 9.53 Å². The highest BCUT2D eigenvalue weighted by Crippen LogP contribution is 2.26. The second kappa shape index (κ2) is 10.7. The minimum absolute atomic E-state index is 0.114. The number of terminal acetylenes is 1. The van der Waals surface area contributed by atoms with Gasteiger partial charge < -0.3 is 4.74 Å². The molecular formula is C18H31NO2. The molecule has 1 rings (SSSR count). The highest BCUT2D eigenvalue weighted by molar-refractivity contribution is 5.80. The molecule has 3 heteroatoms. The van der Waals surface area contributed by atoms with Crippen molar-refractivity contribution in [2.75, 3.05) is 13.2 Å². The zero-order valence-corrected chi connectivity index (χ0v) is 13.6. The van der Waals surface area contributed by atoms with Gasteiger partial charge in [0.05, 0.1) is 13.2 Å². The molecule has 0 saturated heterocycles. The van der Waals surface area contributed by atoms with E-state index >= 15 is 0 Å². The van der Waals surface area contributed by atoms with Gasteiger partial charge in [0.1, 0.15) is 5.54 Å². The summed E-state index contributed by atoms with van der Waals surface area (Å²) in [6.45, 7) is 2.72. The number of nitrogens with one attached hydrogen (secondary N) is 1. The second-order valence-electron chi connectivity index (χ2n) is 6.04. The van der Waals surface area contributed by atoms with E-state index in [0.717, 1.165) is 25.7 Å². The van der Waals surface area contributed by atoms with Gasteiger partial charge in [0.15, 0.2) is 0 Å². The molecule has 0 bridgehead atoms. The van der Waals surface area contributed by atoms with E-state index in [0.29, 0.717) is 13.2 Å². The summed E-state index contributed by atoms with van der Waals surface area (Å²) in [6, 6.07) is 0.